The fraction of sp³-hybridized carbons (Fsp3) is 0.250. The van der Waals surface area contributed by atoms with E-state index in [0.29, 0.717) is 16.7 Å². The second-order valence-electron chi connectivity index (χ2n) is 4.90. The van der Waals surface area contributed by atoms with Crippen molar-refractivity contribution in [2.24, 2.45) is 0 Å². The van der Waals surface area contributed by atoms with Crippen LogP contribution < -0.4 is 14.8 Å². The number of rotatable bonds is 3. The second kappa shape index (κ2) is 6.04. The predicted molar refractivity (Wildman–Crippen MR) is 85.9 cm³/mol. The lowest BCUT2D eigenvalue weighted by atomic mass is 10.00. The van der Waals surface area contributed by atoms with Crippen LogP contribution in [0.2, 0.25) is 10.0 Å². The van der Waals surface area contributed by atoms with Crippen molar-refractivity contribution in [2.75, 3.05) is 19.0 Å². The van der Waals surface area contributed by atoms with Gasteiger partial charge < -0.3 is 14.8 Å². The van der Waals surface area contributed by atoms with E-state index in [1.807, 2.05) is 30.3 Å². The average molecular weight is 324 g/mol. The number of benzene rings is 2. The molecule has 2 aromatic rings. The van der Waals surface area contributed by atoms with E-state index in [1.54, 1.807) is 13.2 Å². The summed E-state index contributed by atoms with van der Waals surface area (Å²) in [7, 11) is 1.66. The van der Waals surface area contributed by atoms with E-state index in [4.69, 9.17) is 32.7 Å². The van der Waals surface area contributed by atoms with E-state index in [0.717, 1.165) is 29.2 Å². The Labute approximate surface area is 133 Å². The van der Waals surface area contributed by atoms with Crippen LogP contribution in [0.5, 0.6) is 11.5 Å². The Kier molecular flexibility index (Phi) is 4.13. The van der Waals surface area contributed by atoms with Crippen molar-refractivity contribution in [3.63, 3.8) is 0 Å². The number of nitrogens with one attached hydrogen (secondary N) is 1. The third-order valence-electron chi connectivity index (χ3n) is 3.46. The molecule has 3 rings (SSSR count). The minimum Gasteiger partial charge on any atom is -0.497 e. The minimum atomic E-state index is 0.137. The normalized spacial score (nSPS) is 16.8. The molecule has 0 aliphatic carbocycles. The summed E-state index contributed by atoms with van der Waals surface area (Å²) in [6.45, 7) is 0.672. The van der Waals surface area contributed by atoms with Crippen LogP contribution in [0.3, 0.4) is 0 Å². The van der Waals surface area contributed by atoms with Gasteiger partial charge in [-0.15, -0.1) is 0 Å². The van der Waals surface area contributed by atoms with E-state index in [2.05, 4.69) is 5.32 Å². The first kappa shape index (κ1) is 14.4. The van der Waals surface area contributed by atoms with Crippen molar-refractivity contribution in [1.82, 2.24) is 0 Å². The summed E-state index contributed by atoms with van der Waals surface area (Å²) < 4.78 is 11.0. The van der Waals surface area contributed by atoms with Gasteiger partial charge in [0.15, 0.2) is 0 Å². The highest BCUT2D eigenvalue weighted by molar-refractivity contribution is 6.35. The van der Waals surface area contributed by atoms with Crippen molar-refractivity contribution in [3.8, 4) is 11.5 Å². The van der Waals surface area contributed by atoms with E-state index in [-0.39, 0.29) is 6.04 Å². The third-order valence-corrected chi connectivity index (χ3v) is 3.90. The molecule has 3 nitrogen and oxygen atoms in total. The quantitative estimate of drug-likeness (QED) is 0.868. The predicted octanol–water partition coefficient (Wildman–Crippen LogP) is 4.94. The number of halogens is 2. The average Bonchev–Trinajstić information content (AvgIpc) is 2.46. The highest BCUT2D eigenvalue weighted by Crippen LogP contribution is 2.37. The maximum absolute atomic E-state index is 6.05. The first-order valence-corrected chi connectivity index (χ1v) is 7.44. The van der Waals surface area contributed by atoms with Crippen LogP contribution in [-0.2, 0) is 0 Å². The Balaban J connectivity index is 1.90. The molecule has 1 unspecified atom stereocenters. The SMILES string of the molecule is COc1ccc2c(c1)C(Nc1cc(Cl)cc(Cl)c1)CCO2. The van der Waals surface area contributed by atoms with Gasteiger partial charge in [0, 0.05) is 27.7 Å². The molecule has 5 heteroatoms. The largest absolute Gasteiger partial charge is 0.497 e. The molecule has 2 aromatic carbocycles. The molecule has 0 spiro atoms. The summed E-state index contributed by atoms with van der Waals surface area (Å²) in [5, 5.41) is 4.69. The zero-order chi connectivity index (χ0) is 14.8. The molecule has 110 valence electrons. The standard InChI is InChI=1S/C16H15Cl2NO2/c1-20-13-2-3-16-14(9-13)15(4-5-21-16)19-12-7-10(17)6-11(18)8-12/h2-3,6-9,15,19H,4-5H2,1H3. The molecule has 0 radical (unpaired) electrons. The monoisotopic (exact) mass is 323 g/mol. The molecule has 1 heterocycles. The molecule has 0 aromatic heterocycles. The zero-order valence-electron chi connectivity index (χ0n) is 11.5. The van der Waals surface area contributed by atoms with Gasteiger partial charge in [-0.2, -0.15) is 0 Å². The van der Waals surface area contributed by atoms with Crippen LogP contribution in [0.1, 0.15) is 18.0 Å². The Morgan fingerprint density at radius 2 is 1.90 bits per heavy atom. The molecule has 21 heavy (non-hydrogen) atoms. The zero-order valence-corrected chi connectivity index (χ0v) is 13.0. The highest BCUT2D eigenvalue weighted by atomic mass is 35.5. The lowest BCUT2D eigenvalue weighted by molar-refractivity contribution is 0.273. The molecular formula is C16H15Cl2NO2. The molecule has 0 fully saturated rings. The van der Waals surface area contributed by atoms with Crippen molar-refractivity contribution in [3.05, 3.63) is 52.0 Å². The molecule has 0 saturated carbocycles. The van der Waals surface area contributed by atoms with Crippen LogP contribution in [0, 0.1) is 0 Å². The Bertz CT molecular complexity index is 640. The van der Waals surface area contributed by atoms with Gasteiger partial charge in [0.2, 0.25) is 0 Å². The Morgan fingerprint density at radius 3 is 2.62 bits per heavy atom. The summed E-state index contributed by atoms with van der Waals surface area (Å²) >= 11 is 12.1. The molecular weight excluding hydrogens is 309 g/mol. The van der Waals surface area contributed by atoms with E-state index in [9.17, 15) is 0 Å². The van der Waals surface area contributed by atoms with E-state index < -0.39 is 0 Å². The van der Waals surface area contributed by atoms with Gasteiger partial charge in [0.25, 0.3) is 0 Å². The first-order valence-electron chi connectivity index (χ1n) is 6.69. The van der Waals surface area contributed by atoms with Gasteiger partial charge in [0.1, 0.15) is 11.5 Å². The molecule has 1 atom stereocenters. The fourth-order valence-electron chi connectivity index (χ4n) is 2.49. The van der Waals surface area contributed by atoms with E-state index in [1.165, 1.54) is 0 Å². The van der Waals surface area contributed by atoms with Crippen LogP contribution >= 0.6 is 23.2 Å². The van der Waals surface area contributed by atoms with Crippen LogP contribution in [0.25, 0.3) is 0 Å². The summed E-state index contributed by atoms with van der Waals surface area (Å²) in [6.07, 6.45) is 0.865. The fourth-order valence-corrected chi connectivity index (χ4v) is 3.01. The van der Waals surface area contributed by atoms with Gasteiger partial charge >= 0.3 is 0 Å². The first-order chi connectivity index (χ1) is 10.2. The topological polar surface area (TPSA) is 30.5 Å². The van der Waals surface area contributed by atoms with Crippen LogP contribution in [0.15, 0.2) is 36.4 Å². The minimum absolute atomic E-state index is 0.137. The highest BCUT2D eigenvalue weighted by Gasteiger charge is 2.22. The van der Waals surface area contributed by atoms with E-state index >= 15 is 0 Å². The third kappa shape index (κ3) is 3.20. The van der Waals surface area contributed by atoms with Crippen molar-refractivity contribution in [2.45, 2.75) is 12.5 Å². The molecule has 0 amide bonds. The summed E-state index contributed by atoms with van der Waals surface area (Å²) in [5.41, 5.74) is 1.98. The van der Waals surface area contributed by atoms with Gasteiger partial charge in [-0.1, -0.05) is 23.2 Å². The number of hydrogen-bond acceptors (Lipinski definition) is 3. The van der Waals surface area contributed by atoms with Gasteiger partial charge in [-0.05, 0) is 36.4 Å². The number of methoxy groups -OCH3 is 1. The Morgan fingerprint density at radius 1 is 1.14 bits per heavy atom. The van der Waals surface area contributed by atoms with Crippen LogP contribution in [0.4, 0.5) is 5.69 Å². The number of ether oxygens (including phenoxy) is 2. The molecule has 1 aliphatic rings. The summed E-state index contributed by atoms with van der Waals surface area (Å²) in [6, 6.07) is 11.4. The van der Waals surface area contributed by atoms with Crippen molar-refractivity contribution in [1.29, 1.82) is 0 Å². The molecule has 0 saturated heterocycles. The number of fused-ring (bicyclic) bond motifs is 1. The maximum Gasteiger partial charge on any atom is 0.124 e. The summed E-state index contributed by atoms with van der Waals surface area (Å²) in [5.74, 6) is 1.70. The van der Waals surface area contributed by atoms with Gasteiger partial charge in [0.05, 0.1) is 19.8 Å². The maximum atomic E-state index is 6.05. The van der Waals surface area contributed by atoms with Crippen molar-refractivity contribution >= 4 is 28.9 Å². The number of hydrogen-bond donors (Lipinski definition) is 1. The Hall–Kier alpha value is -1.58. The second-order valence-corrected chi connectivity index (χ2v) is 5.77. The smallest absolute Gasteiger partial charge is 0.124 e. The van der Waals surface area contributed by atoms with Crippen molar-refractivity contribution < 1.29 is 9.47 Å². The molecule has 0 bridgehead atoms. The van der Waals surface area contributed by atoms with Gasteiger partial charge in [-0.3, -0.25) is 0 Å². The lowest BCUT2D eigenvalue weighted by Gasteiger charge is -2.28. The molecule has 1 aliphatic heterocycles. The van der Waals surface area contributed by atoms with Gasteiger partial charge in [-0.25, -0.2) is 0 Å². The lowest BCUT2D eigenvalue weighted by Crippen LogP contribution is -2.20. The van der Waals surface area contributed by atoms with Crippen LogP contribution in [-0.4, -0.2) is 13.7 Å². The molecule has 1 N–H and O–H groups in total. The number of anilines is 1. The summed E-state index contributed by atoms with van der Waals surface area (Å²) in [4.78, 5) is 0.